The zero-order valence-corrected chi connectivity index (χ0v) is 42.9. The van der Waals surface area contributed by atoms with E-state index in [0.29, 0.717) is 6.54 Å². The summed E-state index contributed by atoms with van der Waals surface area (Å²) in [6.45, 7) is 2.03. The number of methoxy groups -OCH3 is 4. The molecule has 0 fully saturated rings. The van der Waals surface area contributed by atoms with Crippen LogP contribution in [0, 0.1) is 0 Å². The molecule has 0 amide bonds. The molecule has 0 saturated carbocycles. The normalized spacial score (nSPS) is 11.9. The summed E-state index contributed by atoms with van der Waals surface area (Å²) in [4.78, 5) is 4.37. The Balaban J connectivity index is 0.00000659. The molecule has 0 aliphatic rings. The number of rotatable bonds is 17. The van der Waals surface area contributed by atoms with Crippen molar-refractivity contribution in [3.8, 4) is 45.3 Å². The number of fused-ring (bicyclic) bond motifs is 3. The van der Waals surface area contributed by atoms with Crippen LogP contribution in [-0.4, -0.2) is 51.2 Å². The van der Waals surface area contributed by atoms with E-state index in [1.807, 2.05) is 109 Å². The minimum atomic E-state index is -4.59. The Morgan fingerprint density at radius 2 is 0.786 bits per heavy atom. The summed E-state index contributed by atoms with van der Waals surface area (Å²) < 4.78 is 61.5. The summed E-state index contributed by atoms with van der Waals surface area (Å²) >= 11 is 0. The van der Waals surface area contributed by atoms with E-state index in [1.54, 1.807) is 41.4 Å². The molecule has 9 rings (SSSR count). The van der Waals surface area contributed by atoms with Gasteiger partial charge < -0.3 is 37.9 Å². The van der Waals surface area contributed by atoms with Crippen molar-refractivity contribution in [1.82, 2.24) is 4.57 Å². The number of hydrogen-bond acceptors (Lipinski definition) is 9. The molecule has 1 heterocycles. The SMILES string of the molecule is C/C=C/C(CCn1c2cccc(-c3ccc(N(c4ccc(OC)cc4)c4ccc(OC)cc4)cc3)c2c2c(-c3ccc(N(c4ccc(OC)cc4)c4ccc(OC)cc4)cc3)cccc21)S(=O)(=O)[O-].[Na+]. The first-order valence-electron chi connectivity index (χ1n) is 22.6. The van der Waals surface area contributed by atoms with Gasteiger partial charge in [0.1, 0.15) is 33.1 Å². The third-order valence-corrected chi connectivity index (χ3v) is 13.7. The van der Waals surface area contributed by atoms with Crippen molar-refractivity contribution in [1.29, 1.82) is 0 Å². The molecule has 0 N–H and O–H groups in total. The summed E-state index contributed by atoms with van der Waals surface area (Å²) in [7, 11) is 2.05. The molecule has 348 valence electrons. The summed E-state index contributed by atoms with van der Waals surface area (Å²) in [5.74, 6) is 3.06. The van der Waals surface area contributed by atoms with Crippen LogP contribution in [0.1, 0.15) is 13.3 Å². The third-order valence-electron chi connectivity index (χ3n) is 12.5. The minimum absolute atomic E-state index is 0. The van der Waals surface area contributed by atoms with Gasteiger partial charge in [0.25, 0.3) is 0 Å². The van der Waals surface area contributed by atoms with Gasteiger partial charge in [0.15, 0.2) is 0 Å². The molecular formula is C58H52N3NaO7S. The van der Waals surface area contributed by atoms with Crippen LogP contribution in [0.4, 0.5) is 34.1 Å². The average molecular weight is 958 g/mol. The standard InChI is InChI=1S/C58H53N3O7S.Na/c1-6-9-52(69(62,63)64)38-39-59-55-12-7-10-53(40-14-18-42(19-15-40)60(44-22-30-48(65-2)31-23-44)45-24-32-49(66-3)33-25-45)57(55)58-54(11-8-13-56(58)59)41-16-20-43(21-17-41)61(46-26-34-50(67-4)35-27-46)47-28-36-51(68-5)37-29-47;/h6-37,52H,38-39H2,1-5H3,(H,62,63,64);/q;+1/p-1/b9-6+;. The van der Waals surface area contributed by atoms with Crippen molar-refractivity contribution in [3.63, 3.8) is 0 Å². The molecule has 0 radical (unpaired) electrons. The van der Waals surface area contributed by atoms with Crippen molar-refractivity contribution < 1.29 is 61.5 Å². The van der Waals surface area contributed by atoms with Crippen LogP contribution in [-0.2, 0) is 16.7 Å². The van der Waals surface area contributed by atoms with Gasteiger partial charge in [-0.15, -0.1) is 0 Å². The molecular weight excluding hydrogens is 906 g/mol. The molecule has 12 heteroatoms. The van der Waals surface area contributed by atoms with Crippen molar-refractivity contribution >= 4 is 66.0 Å². The molecule has 0 aliphatic heterocycles. The minimum Gasteiger partial charge on any atom is -0.747 e. The predicted octanol–water partition coefficient (Wildman–Crippen LogP) is 11.0. The number of aromatic nitrogens is 1. The van der Waals surface area contributed by atoms with Gasteiger partial charge in [-0.3, -0.25) is 0 Å². The van der Waals surface area contributed by atoms with Crippen molar-refractivity contribution in [2.24, 2.45) is 0 Å². The molecule has 10 nitrogen and oxygen atoms in total. The third kappa shape index (κ3) is 10.2. The van der Waals surface area contributed by atoms with Gasteiger partial charge in [0.05, 0.1) is 33.7 Å². The van der Waals surface area contributed by atoms with Crippen molar-refractivity contribution in [2.45, 2.75) is 25.1 Å². The molecule has 9 aromatic rings. The molecule has 0 aliphatic carbocycles. The van der Waals surface area contributed by atoms with Gasteiger partial charge in [-0.1, -0.05) is 60.7 Å². The van der Waals surface area contributed by atoms with Gasteiger partial charge in [0, 0.05) is 62.5 Å². The average Bonchev–Trinajstić information content (AvgIpc) is 3.72. The van der Waals surface area contributed by atoms with Crippen LogP contribution in [0.25, 0.3) is 44.1 Å². The quantitative estimate of drug-likeness (QED) is 0.0501. The first kappa shape index (κ1) is 49.4. The molecule has 1 unspecified atom stereocenters. The first-order valence-corrected chi connectivity index (χ1v) is 24.1. The van der Waals surface area contributed by atoms with Crippen LogP contribution >= 0.6 is 0 Å². The Morgan fingerprint density at radius 1 is 0.486 bits per heavy atom. The van der Waals surface area contributed by atoms with Crippen molar-refractivity contribution in [2.75, 3.05) is 38.2 Å². The number of benzene rings is 8. The fourth-order valence-electron chi connectivity index (χ4n) is 9.11. The number of aryl methyl sites for hydroxylation is 1. The summed E-state index contributed by atoms with van der Waals surface area (Å²) in [5.41, 5.74) is 11.6. The molecule has 1 atom stereocenters. The van der Waals surface area contributed by atoms with Gasteiger partial charge in [-0.05, 0) is 169 Å². The van der Waals surface area contributed by atoms with Gasteiger partial charge in [-0.2, -0.15) is 0 Å². The van der Waals surface area contributed by atoms with E-state index in [4.69, 9.17) is 18.9 Å². The molecule has 0 spiro atoms. The molecule has 1 aromatic heterocycles. The zero-order valence-electron chi connectivity index (χ0n) is 40.1. The Kier molecular flexibility index (Phi) is 15.4. The number of anilines is 6. The smallest absolute Gasteiger partial charge is 0.747 e. The fourth-order valence-corrected chi connectivity index (χ4v) is 9.86. The van der Waals surface area contributed by atoms with Gasteiger partial charge in [-0.25, -0.2) is 8.42 Å². The van der Waals surface area contributed by atoms with Crippen LogP contribution < -0.4 is 58.3 Å². The van der Waals surface area contributed by atoms with Crippen LogP contribution in [0.15, 0.2) is 194 Å². The topological polar surface area (TPSA) is 106 Å². The number of allylic oxidation sites excluding steroid dienone is 1. The Bertz CT molecular complexity index is 3050. The second-order valence-corrected chi connectivity index (χ2v) is 18.0. The predicted molar refractivity (Wildman–Crippen MR) is 279 cm³/mol. The maximum Gasteiger partial charge on any atom is 1.00 e. The largest absolute Gasteiger partial charge is 1.00 e. The number of hydrogen-bond donors (Lipinski definition) is 0. The maximum atomic E-state index is 12.5. The van der Waals surface area contributed by atoms with Crippen LogP contribution in [0.2, 0.25) is 0 Å². The van der Waals surface area contributed by atoms with E-state index in [1.165, 1.54) is 6.08 Å². The first-order chi connectivity index (χ1) is 33.6. The maximum absolute atomic E-state index is 12.5. The van der Waals surface area contributed by atoms with E-state index in [9.17, 15) is 13.0 Å². The Morgan fingerprint density at radius 3 is 1.06 bits per heavy atom. The molecule has 70 heavy (non-hydrogen) atoms. The summed E-state index contributed by atoms with van der Waals surface area (Å²) in [6.07, 6.45) is 3.23. The zero-order chi connectivity index (χ0) is 48.1. The van der Waals surface area contributed by atoms with E-state index >= 15 is 0 Å². The van der Waals surface area contributed by atoms with Crippen molar-refractivity contribution in [3.05, 3.63) is 194 Å². The van der Waals surface area contributed by atoms with Gasteiger partial charge >= 0.3 is 29.6 Å². The summed E-state index contributed by atoms with van der Waals surface area (Å²) in [6, 6.07) is 61.5. The number of ether oxygens (including phenoxy) is 4. The molecule has 8 aromatic carbocycles. The van der Waals surface area contributed by atoms with E-state index < -0.39 is 15.4 Å². The monoisotopic (exact) mass is 957 g/mol. The van der Waals surface area contributed by atoms with Crippen LogP contribution in [0.5, 0.6) is 23.0 Å². The molecule has 0 bridgehead atoms. The number of nitrogens with zero attached hydrogens (tertiary/aromatic N) is 3. The molecule has 0 saturated heterocycles. The fraction of sp³-hybridized carbons (Fsp3) is 0.138. The van der Waals surface area contributed by atoms with E-state index in [2.05, 4.69) is 87.2 Å². The Labute approximate surface area is 432 Å². The van der Waals surface area contributed by atoms with E-state index in [0.717, 1.165) is 101 Å². The van der Waals surface area contributed by atoms with Gasteiger partial charge in [0.2, 0.25) is 0 Å². The van der Waals surface area contributed by atoms with E-state index in [-0.39, 0.29) is 36.0 Å². The Hall–Kier alpha value is -6.99. The second-order valence-electron chi connectivity index (χ2n) is 16.5. The van der Waals surface area contributed by atoms with Crippen LogP contribution in [0.3, 0.4) is 0 Å². The second kappa shape index (κ2) is 21.8. The summed E-state index contributed by atoms with van der Waals surface area (Å²) in [5, 5.41) is 0.876.